The fourth-order valence-electron chi connectivity index (χ4n) is 1.98. The number of rotatable bonds is 4. The van der Waals surface area contributed by atoms with Crippen LogP contribution in [0.15, 0.2) is 36.4 Å². The summed E-state index contributed by atoms with van der Waals surface area (Å²) in [5.74, 6) is -1.41. The second-order valence-electron chi connectivity index (χ2n) is 4.95. The number of fused-ring (bicyclic) bond motifs is 1. The first-order valence-electron chi connectivity index (χ1n) is 6.89. The third-order valence-electron chi connectivity index (χ3n) is 3.29. The van der Waals surface area contributed by atoms with Gasteiger partial charge in [0.2, 0.25) is 0 Å². The molecule has 0 aliphatic carbocycles. The van der Waals surface area contributed by atoms with Crippen molar-refractivity contribution < 1.29 is 22.7 Å². The van der Waals surface area contributed by atoms with E-state index in [1.807, 2.05) is 19.2 Å². The first-order valence-corrected chi connectivity index (χ1v) is 6.89. The highest BCUT2D eigenvalue weighted by Crippen LogP contribution is 2.33. The van der Waals surface area contributed by atoms with Gasteiger partial charge >= 0.3 is 12.1 Å². The van der Waals surface area contributed by atoms with Crippen LogP contribution in [0.2, 0.25) is 0 Å². The fraction of sp³-hybridized carbons (Fsp3) is 0.312. The Kier molecular flexibility index (Phi) is 4.59. The number of halogens is 3. The molecule has 2 aromatic carbocycles. The van der Waals surface area contributed by atoms with Gasteiger partial charge in [0.15, 0.2) is 0 Å². The maximum Gasteiger partial charge on any atom is 0.471 e. The zero-order valence-electron chi connectivity index (χ0n) is 12.2. The molecule has 1 atom stereocenters. The lowest BCUT2D eigenvalue weighted by Gasteiger charge is -2.17. The molecule has 0 unspecified atom stereocenters. The van der Waals surface area contributed by atoms with Gasteiger partial charge in [0.05, 0.1) is 6.10 Å². The predicted octanol–water partition coefficient (Wildman–Crippen LogP) is 4.52. The van der Waals surface area contributed by atoms with Gasteiger partial charge in [-0.1, -0.05) is 31.2 Å². The van der Waals surface area contributed by atoms with Gasteiger partial charge in [0, 0.05) is 16.5 Å². The van der Waals surface area contributed by atoms with Gasteiger partial charge in [0.1, 0.15) is 5.75 Å². The van der Waals surface area contributed by atoms with E-state index in [9.17, 15) is 18.0 Å². The Morgan fingerprint density at radius 1 is 1.18 bits per heavy atom. The number of amides is 1. The molecule has 0 saturated carbocycles. The highest BCUT2D eigenvalue weighted by Gasteiger charge is 2.38. The van der Waals surface area contributed by atoms with Crippen molar-refractivity contribution in [2.24, 2.45) is 0 Å². The van der Waals surface area contributed by atoms with E-state index in [1.165, 1.54) is 6.07 Å². The van der Waals surface area contributed by atoms with Crippen LogP contribution in [-0.2, 0) is 4.79 Å². The van der Waals surface area contributed by atoms with Crippen molar-refractivity contribution in [3.8, 4) is 5.75 Å². The molecule has 6 heteroatoms. The molecule has 0 fully saturated rings. The minimum atomic E-state index is -4.92. The summed E-state index contributed by atoms with van der Waals surface area (Å²) in [5, 5.41) is 3.06. The molecule has 0 radical (unpaired) electrons. The molecule has 22 heavy (non-hydrogen) atoms. The van der Waals surface area contributed by atoms with Gasteiger partial charge in [-0.2, -0.15) is 13.2 Å². The largest absolute Gasteiger partial charge is 0.490 e. The number of carbonyl (C=O) groups is 1. The maximum atomic E-state index is 12.4. The van der Waals surface area contributed by atoms with Crippen LogP contribution in [0, 0.1) is 0 Å². The Balaban J connectivity index is 2.42. The Hall–Kier alpha value is -2.24. The van der Waals surface area contributed by atoms with E-state index in [1.54, 1.807) is 30.3 Å². The smallest absolute Gasteiger partial charge is 0.471 e. The van der Waals surface area contributed by atoms with Gasteiger partial charge in [-0.05, 0) is 25.5 Å². The minimum Gasteiger partial charge on any atom is -0.490 e. The first-order chi connectivity index (χ1) is 10.3. The molecule has 0 spiro atoms. The van der Waals surface area contributed by atoms with Crippen LogP contribution < -0.4 is 10.1 Å². The molecule has 3 nitrogen and oxygen atoms in total. The lowest BCUT2D eigenvalue weighted by molar-refractivity contribution is -0.167. The zero-order chi connectivity index (χ0) is 16.3. The summed E-state index contributed by atoms with van der Waals surface area (Å²) in [5.41, 5.74) is 0.106. The average molecular weight is 311 g/mol. The van der Waals surface area contributed by atoms with Gasteiger partial charge in [-0.15, -0.1) is 0 Å². The molecule has 0 saturated heterocycles. The molecule has 0 bridgehead atoms. The lowest BCUT2D eigenvalue weighted by atomic mass is 10.1. The van der Waals surface area contributed by atoms with Crippen LogP contribution in [0.25, 0.3) is 10.8 Å². The lowest BCUT2D eigenvalue weighted by Crippen LogP contribution is -2.30. The Bertz CT molecular complexity index is 683. The van der Waals surface area contributed by atoms with Crippen molar-refractivity contribution in [3.63, 3.8) is 0 Å². The van der Waals surface area contributed by atoms with Gasteiger partial charge in [-0.25, -0.2) is 0 Å². The summed E-state index contributed by atoms with van der Waals surface area (Å²) in [6.07, 6.45) is -4.13. The van der Waals surface area contributed by atoms with Crippen LogP contribution in [0.5, 0.6) is 5.75 Å². The Labute approximate surface area is 126 Å². The SMILES string of the molecule is CC[C@@H](C)Oc1ccc(NC(=O)C(F)(F)F)c2ccccc12. The van der Waals surface area contributed by atoms with Gasteiger partial charge < -0.3 is 10.1 Å². The molecular formula is C16H16F3NO2. The van der Waals surface area contributed by atoms with Crippen LogP contribution >= 0.6 is 0 Å². The van der Waals surface area contributed by atoms with Gasteiger partial charge in [-0.3, -0.25) is 4.79 Å². The number of benzene rings is 2. The van der Waals surface area contributed by atoms with E-state index in [2.05, 4.69) is 0 Å². The van der Waals surface area contributed by atoms with Crippen molar-refractivity contribution in [2.45, 2.75) is 32.5 Å². The third-order valence-corrected chi connectivity index (χ3v) is 3.29. The minimum absolute atomic E-state index is 0.0148. The average Bonchev–Trinajstić information content (AvgIpc) is 2.48. The molecule has 118 valence electrons. The number of nitrogens with one attached hydrogen (secondary N) is 1. The van der Waals surface area contributed by atoms with E-state index in [0.29, 0.717) is 16.5 Å². The van der Waals surface area contributed by atoms with Crippen molar-refractivity contribution in [1.82, 2.24) is 0 Å². The molecular weight excluding hydrogens is 295 g/mol. The Morgan fingerprint density at radius 2 is 1.82 bits per heavy atom. The van der Waals surface area contributed by atoms with E-state index in [0.717, 1.165) is 6.42 Å². The summed E-state index contributed by atoms with van der Waals surface area (Å²) < 4.78 is 43.0. The summed E-state index contributed by atoms with van der Waals surface area (Å²) >= 11 is 0. The summed E-state index contributed by atoms with van der Waals surface area (Å²) in [6, 6.07) is 9.84. The maximum absolute atomic E-state index is 12.4. The molecule has 1 N–H and O–H groups in total. The number of hydrogen-bond donors (Lipinski definition) is 1. The summed E-state index contributed by atoms with van der Waals surface area (Å²) in [4.78, 5) is 11.1. The molecule has 1 amide bonds. The zero-order valence-corrected chi connectivity index (χ0v) is 12.2. The fourth-order valence-corrected chi connectivity index (χ4v) is 1.98. The van der Waals surface area contributed by atoms with Crippen molar-refractivity contribution in [1.29, 1.82) is 0 Å². The van der Waals surface area contributed by atoms with E-state index in [-0.39, 0.29) is 11.8 Å². The second kappa shape index (κ2) is 6.25. The van der Waals surface area contributed by atoms with E-state index in [4.69, 9.17) is 4.74 Å². The monoisotopic (exact) mass is 311 g/mol. The molecule has 0 heterocycles. The van der Waals surface area contributed by atoms with E-state index >= 15 is 0 Å². The summed E-state index contributed by atoms with van der Waals surface area (Å²) in [6.45, 7) is 3.89. The molecule has 0 aromatic heterocycles. The second-order valence-corrected chi connectivity index (χ2v) is 4.95. The highest BCUT2D eigenvalue weighted by molar-refractivity contribution is 6.05. The standard InChI is InChI=1S/C16H16F3NO2/c1-3-10(2)22-14-9-8-13(20-15(21)16(17,18)19)11-6-4-5-7-12(11)14/h4-10H,3H2,1-2H3,(H,20,21)/t10-/m1/s1. The van der Waals surface area contributed by atoms with Crippen LogP contribution in [0.1, 0.15) is 20.3 Å². The van der Waals surface area contributed by atoms with Crippen LogP contribution in [-0.4, -0.2) is 18.2 Å². The van der Waals surface area contributed by atoms with Crippen molar-refractivity contribution >= 4 is 22.4 Å². The number of anilines is 1. The predicted molar refractivity (Wildman–Crippen MR) is 79.0 cm³/mol. The number of carbonyl (C=O) groups excluding carboxylic acids is 1. The summed E-state index contributed by atoms with van der Waals surface area (Å²) in [7, 11) is 0. The molecule has 0 aliphatic rings. The molecule has 0 aliphatic heterocycles. The molecule has 2 aromatic rings. The van der Waals surface area contributed by atoms with Crippen molar-refractivity contribution in [2.75, 3.05) is 5.32 Å². The number of alkyl halides is 3. The Morgan fingerprint density at radius 3 is 2.41 bits per heavy atom. The molecule has 2 rings (SSSR count). The quantitative estimate of drug-likeness (QED) is 0.901. The van der Waals surface area contributed by atoms with Crippen LogP contribution in [0.3, 0.4) is 0 Å². The number of ether oxygens (including phenoxy) is 1. The topological polar surface area (TPSA) is 38.3 Å². The normalized spacial score (nSPS) is 13.0. The van der Waals surface area contributed by atoms with Gasteiger partial charge in [0.25, 0.3) is 0 Å². The highest BCUT2D eigenvalue weighted by atomic mass is 19.4. The third kappa shape index (κ3) is 3.50. The van der Waals surface area contributed by atoms with Crippen LogP contribution in [0.4, 0.5) is 18.9 Å². The number of hydrogen-bond acceptors (Lipinski definition) is 2. The van der Waals surface area contributed by atoms with Crippen molar-refractivity contribution in [3.05, 3.63) is 36.4 Å². The first kappa shape index (κ1) is 16.1. The van der Waals surface area contributed by atoms with E-state index < -0.39 is 12.1 Å².